The molecule has 1 aliphatic rings. The van der Waals surface area contributed by atoms with Crippen LogP contribution >= 0.6 is 12.4 Å². The first-order chi connectivity index (χ1) is 11.8. The molecular formula is C21H27ClN2O. The maximum Gasteiger partial charge on any atom is 0.226 e. The third-order valence-corrected chi connectivity index (χ3v) is 4.78. The molecule has 0 bridgehead atoms. The van der Waals surface area contributed by atoms with Crippen molar-refractivity contribution in [2.24, 2.45) is 5.92 Å². The van der Waals surface area contributed by atoms with Crippen LogP contribution in [0.2, 0.25) is 0 Å². The van der Waals surface area contributed by atoms with Crippen molar-refractivity contribution >= 4 is 18.3 Å². The highest BCUT2D eigenvalue weighted by molar-refractivity contribution is 5.85. The van der Waals surface area contributed by atoms with Gasteiger partial charge in [0.15, 0.2) is 0 Å². The van der Waals surface area contributed by atoms with Gasteiger partial charge in [0.2, 0.25) is 5.91 Å². The molecule has 0 saturated carbocycles. The molecule has 25 heavy (non-hydrogen) atoms. The molecule has 0 radical (unpaired) electrons. The van der Waals surface area contributed by atoms with E-state index in [4.69, 9.17) is 0 Å². The summed E-state index contributed by atoms with van der Waals surface area (Å²) in [6, 6.07) is 18.7. The summed E-state index contributed by atoms with van der Waals surface area (Å²) in [4.78, 5) is 14.6. The highest BCUT2D eigenvalue weighted by Crippen LogP contribution is 2.20. The number of nitrogens with zero attached hydrogens (tertiary/aromatic N) is 1. The van der Waals surface area contributed by atoms with Gasteiger partial charge in [-0.15, -0.1) is 12.4 Å². The van der Waals surface area contributed by atoms with Crippen LogP contribution in [0.15, 0.2) is 54.6 Å². The third-order valence-electron chi connectivity index (χ3n) is 4.78. The molecule has 3 rings (SSSR count). The van der Waals surface area contributed by atoms with Gasteiger partial charge in [0.25, 0.3) is 0 Å². The molecule has 0 aliphatic carbocycles. The monoisotopic (exact) mass is 358 g/mol. The second-order valence-corrected chi connectivity index (χ2v) is 6.65. The van der Waals surface area contributed by atoms with Crippen LogP contribution in [0.5, 0.6) is 0 Å². The number of benzene rings is 2. The average molecular weight is 359 g/mol. The first-order valence-corrected chi connectivity index (χ1v) is 8.83. The molecule has 1 amide bonds. The number of hydrogen-bond donors (Lipinski definition) is 1. The molecule has 1 heterocycles. The Morgan fingerprint density at radius 2 is 1.76 bits per heavy atom. The van der Waals surface area contributed by atoms with Crippen molar-refractivity contribution in [1.29, 1.82) is 0 Å². The number of carbonyl (C=O) groups is 1. The second kappa shape index (κ2) is 9.59. The summed E-state index contributed by atoms with van der Waals surface area (Å²) in [6.07, 6.45) is 2.84. The van der Waals surface area contributed by atoms with E-state index in [1.54, 1.807) is 0 Å². The lowest BCUT2D eigenvalue weighted by molar-refractivity contribution is -0.132. The number of piperidine rings is 1. The predicted octanol–water partition coefficient (Wildman–Crippen LogP) is 3.78. The standard InChI is InChI=1S/C21H26N2O.ClH/c1-22-15-18-6-5-13-23(16-18)21(24)14-17-9-11-20(12-10-17)19-7-3-2-4-8-19;/h2-4,7-12,18,22H,5-6,13-16H2,1H3;1H. The molecule has 1 atom stereocenters. The van der Waals surface area contributed by atoms with Gasteiger partial charge >= 0.3 is 0 Å². The number of rotatable bonds is 5. The summed E-state index contributed by atoms with van der Waals surface area (Å²) in [7, 11) is 1.98. The number of halogens is 1. The van der Waals surface area contributed by atoms with Gasteiger partial charge in [-0.1, -0.05) is 54.6 Å². The molecule has 1 N–H and O–H groups in total. The van der Waals surface area contributed by atoms with Gasteiger partial charge in [-0.2, -0.15) is 0 Å². The van der Waals surface area contributed by atoms with E-state index in [0.29, 0.717) is 12.3 Å². The number of nitrogens with one attached hydrogen (secondary N) is 1. The van der Waals surface area contributed by atoms with Crippen LogP contribution < -0.4 is 5.32 Å². The molecule has 134 valence electrons. The molecular weight excluding hydrogens is 332 g/mol. The van der Waals surface area contributed by atoms with Gasteiger partial charge in [-0.25, -0.2) is 0 Å². The lowest BCUT2D eigenvalue weighted by Crippen LogP contribution is -2.43. The first-order valence-electron chi connectivity index (χ1n) is 8.83. The van der Waals surface area contributed by atoms with Crippen molar-refractivity contribution in [1.82, 2.24) is 10.2 Å². The molecule has 1 aliphatic heterocycles. The molecule has 0 spiro atoms. The van der Waals surface area contributed by atoms with Crippen LogP contribution in [0.4, 0.5) is 0 Å². The summed E-state index contributed by atoms with van der Waals surface area (Å²) < 4.78 is 0. The van der Waals surface area contributed by atoms with E-state index in [1.165, 1.54) is 17.5 Å². The Labute approximate surface area is 156 Å². The van der Waals surface area contributed by atoms with E-state index in [1.807, 2.05) is 30.1 Å². The lowest BCUT2D eigenvalue weighted by Gasteiger charge is -2.32. The van der Waals surface area contributed by atoms with Gasteiger partial charge in [0, 0.05) is 13.1 Å². The van der Waals surface area contributed by atoms with E-state index in [-0.39, 0.29) is 18.3 Å². The summed E-state index contributed by atoms with van der Waals surface area (Å²) in [5, 5.41) is 3.23. The quantitative estimate of drug-likeness (QED) is 0.882. The molecule has 1 saturated heterocycles. The average Bonchev–Trinajstić information content (AvgIpc) is 2.64. The molecule has 1 unspecified atom stereocenters. The molecule has 4 heteroatoms. The zero-order valence-electron chi connectivity index (χ0n) is 14.8. The molecule has 3 nitrogen and oxygen atoms in total. The molecule has 0 aromatic heterocycles. The summed E-state index contributed by atoms with van der Waals surface area (Å²) in [6.45, 7) is 2.79. The van der Waals surface area contributed by atoms with E-state index in [0.717, 1.165) is 31.6 Å². The zero-order chi connectivity index (χ0) is 16.8. The Bertz CT molecular complexity index is 655. The van der Waals surface area contributed by atoms with Gasteiger partial charge < -0.3 is 10.2 Å². The normalized spacial score (nSPS) is 17.0. The topological polar surface area (TPSA) is 32.3 Å². The Kier molecular flexibility index (Phi) is 7.48. The van der Waals surface area contributed by atoms with E-state index in [2.05, 4.69) is 41.7 Å². The predicted molar refractivity (Wildman–Crippen MR) is 106 cm³/mol. The maximum atomic E-state index is 12.6. The minimum atomic E-state index is 0. The summed E-state index contributed by atoms with van der Waals surface area (Å²) >= 11 is 0. The Morgan fingerprint density at radius 3 is 2.44 bits per heavy atom. The van der Waals surface area contributed by atoms with Crippen LogP contribution in [0.1, 0.15) is 18.4 Å². The lowest BCUT2D eigenvalue weighted by atomic mass is 9.97. The van der Waals surface area contributed by atoms with Crippen LogP contribution in [0, 0.1) is 5.92 Å². The first kappa shape index (κ1) is 19.5. The van der Waals surface area contributed by atoms with Crippen molar-refractivity contribution in [3.63, 3.8) is 0 Å². The summed E-state index contributed by atoms with van der Waals surface area (Å²) in [5.41, 5.74) is 3.50. The molecule has 2 aromatic rings. The molecule has 1 fully saturated rings. The van der Waals surface area contributed by atoms with Crippen molar-refractivity contribution in [3.05, 3.63) is 60.2 Å². The van der Waals surface area contributed by atoms with Crippen LogP contribution in [-0.2, 0) is 11.2 Å². The van der Waals surface area contributed by atoms with Gasteiger partial charge in [-0.3, -0.25) is 4.79 Å². The largest absolute Gasteiger partial charge is 0.342 e. The number of amides is 1. The highest BCUT2D eigenvalue weighted by atomic mass is 35.5. The van der Waals surface area contributed by atoms with Crippen molar-refractivity contribution in [2.75, 3.05) is 26.7 Å². The number of likely N-dealkylation sites (tertiary alicyclic amines) is 1. The van der Waals surface area contributed by atoms with Gasteiger partial charge in [0.1, 0.15) is 0 Å². The van der Waals surface area contributed by atoms with Crippen LogP contribution in [0.3, 0.4) is 0 Å². The Morgan fingerprint density at radius 1 is 1.08 bits per heavy atom. The van der Waals surface area contributed by atoms with Crippen molar-refractivity contribution in [2.45, 2.75) is 19.3 Å². The van der Waals surface area contributed by atoms with Gasteiger partial charge in [0.05, 0.1) is 6.42 Å². The second-order valence-electron chi connectivity index (χ2n) is 6.65. The SMILES string of the molecule is CNCC1CCCN(C(=O)Cc2ccc(-c3ccccc3)cc2)C1.Cl. The van der Waals surface area contributed by atoms with Gasteiger partial charge in [-0.05, 0) is 49.0 Å². The summed E-state index contributed by atoms with van der Waals surface area (Å²) in [5.74, 6) is 0.844. The van der Waals surface area contributed by atoms with E-state index in [9.17, 15) is 4.79 Å². The van der Waals surface area contributed by atoms with E-state index < -0.39 is 0 Å². The maximum absolute atomic E-state index is 12.6. The zero-order valence-corrected chi connectivity index (χ0v) is 15.6. The smallest absolute Gasteiger partial charge is 0.226 e. The van der Waals surface area contributed by atoms with E-state index >= 15 is 0 Å². The molecule has 2 aromatic carbocycles. The minimum Gasteiger partial charge on any atom is -0.342 e. The minimum absolute atomic E-state index is 0. The number of hydrogen-bond acceptors (Lipinski definition) is 2. The van der Waals surface area contributed by atoms with Crippen LogP contribution in [-0.4, -0.2) is 37.5 Å². The van der Waals surface area contributed by atoms with Crippen LogP contribution in [0.25, 0.3) is 11.1 Å². The Balaban J connectivity index is 0.00000225. The Hall–Kier alpha value is -1.84. The fourth-order valence-corrected chi connectivity index (χ4v) is 3.48. The van der Waals surface area contributed by atoms with Crippen molar-refractivity contribution < 1.29 is 4.79 Å². The highest BCUT2D eigenvalue weighted by Gasteiger charge is 2.23. The third kappa shape index (κ3) is 5.32. The fraction of sp³-hybridized carbons (Fsp3) is 0.381. The fourth-order valence-electron chi connectivity index (χ4n) is 3.48. The number of carbonyl (C=O) groups excluding carboxylic acids is 1. The van der Waals surface area contributed by atoms with Crippen molar-refractivity contribution in [3.8, 4) is 11.1 Å².